The summed E-state index contributed by atoms with van der Waals surface area (Å²) in [5.74, 6) is -0.736. The van der Waals surface area contributed by atoms with E-state index in [9.17, 15) is 4.79 Å². The van der Waals surface area contributed by atoms with Gasteiger partial charge in [-0.1, -0.05) is 13.3 Å². The van der Waals surface area contributed by atoms with E-state index in [0.717, 1.165) is 25.1 Å². The normalized spacial score (nSPS) is 10.5. The standard InChI is InChI=1S/C11H18N2O2/c1-2-3-7-13-8-10(12-9-13)5-4-6-11(14)15/h8-9H,2-7H2,1H3,(H,14,15). The number of aryl methyl sites for hydroxylation is 2. The van der Waals surface area contributed by atoms with Gasteiger partial charge in [-0.3, -0.25) is 4.79 Å². The maximum Gasteiger partial charge on any atom is 0.303 e. The topological polar surface area (TPSA) is 55.1 Å². The molecule has 0 aromatic carbocycles. The summed E-state index contributed by atoms with van der Waals surface area (Å²) >= 11 is 0. The van der Waals surface area contributed by atoms with Gasteiger partial charge in [0.15, 0.2) is 0 Å². The molecule has 0 saturated heterocycles. The highest BCUT2D eigenvalue weighted by atomic mass is 16.4. The Morgan fingerprint density at radius 3 is 3.00 bits per heavy atom. The molecule has 1 aromatic heterocycles. The fraction of sp³-hybridized carbons (Fsp3) is 0.636. The van der Waals surface area contributed by atoms with E-state index in [-0.39, 0.29) is 6.42 Å². The van der Waals surface area contributed by atoms with E-state index in [1.54, 1.807) is 0 Å². The van der Waals surface area contributed by atoms with Gasteiger partial charge in [-0.25, -0.2) is 4.98 Å². The van der Waals surface area contributed by atoms with Crippen molar-refractivity contribution in [1.29, 1.82) is 0 Å². The zero-order chi connectivity index (χ0) is 11.1. The van der Waals surface area contributed by atoms with Crippen LogP contribution in [0.3, 0.4) is 0 Å². The lowest BCUT2D eigenvalue weighted by atomic mass is 10.2. The van der Waals surface area contributed by atoms with E-state index in [0.29, 0.717) is 6.42 Å². The molecule has 0 radical (unpaired) electrons. The van der Waals surface area contributed by atoms with Crippen LogP contribution in [0.1, 0.15) is 38.3 Å². The Kier molecular flexibility index (Phi) is 4.87. The first-order chi connectivity index (χ1) is 7.22. The first-order valence-corrected chi connectivity index (χ1v) is 5.45. The van der Waals surface area contributed by atoms with Crippen LogP contribution in [0.5, 0.6) is 0 Å². The van der Waals surface area contributed by atoms with Crippen LogP contribution in [0.4, 0.5) is 0 Å². The number of carboxylic acid groups (broad SMARTS) is 1. The number of aliphatic carboxylic acids is 1. The Balaban J connectivity index is 2.29. The maximum atomic E-state index is 10.3. The Morgan fingerprint density at radius 2 is 2.33 bits per heavy atom. The van der Waals surface area contributed by atoms with Gasteiger partial charge in [0.1, 0.15) is 0 Å². The number of nitrogens with zero attached hydrogens (tertiary/aromatic N) is 2. The van der Waals surface area contributed by atoms with Crippen LogP contribution < -0.4 is 0 Å². The molecule has 0 aliphatic carbocycles. The van der Waals surface area contributed by atoms with E-state index < -0.39 is 5.97 Å². The molecule has 0 amide bonds. The quantitative estimate of drug-likeness (QED) is 0.749. The van der Waals surface area contributed by atoms with Gasteiger partial charge in [0.25, 0.3) is 0 Å². The first-order valence-electron chi connectivity index (χ1n) is 5.45. The van der Waals surface area contributed by atoms with Crippen molar-refractivity contribution in [3.8, 4) is 0 Å². The fourth-order valence-electron chi connectivity index (χ4n) is 1.42. The summed E-state index contributed by atoms with van der Waals surface area (Å²) < 4.78 is 2.07. The maximum absolute atomic E-state index is 10.3. The van der Waals surface area contributed by atoms with E-state index in [4.69, 9.17) is 5.11 Å². The van der Waals surface area contributed by atoms with Crippen molar-refractivity contribution in [3.63, 3.8) is 0 Å². The number of hydrogen-bond acceptors (Lipinski definition) is 2. The van der Waals surface area contributed by atoms with Crippen LogP contribution in [0.25, 0.3) is 0 Å². The summed E-state index contributed by atoms with van der Waals surface area (Å²) in [6, 6.07) is 0. The molecule has 0 bridgehead atoms. The van der Waals surface area contributed by atoms with Crippen molar-refractivity contribution in [2.75, 3.05) is 0 Å². The molecule has 4 heteroatoms. The fourth-order valence-corrected chi connectivity index (χ4v) is 1.42. The third-order valence-corrected chi connectivity index (χ3v) is 2.28. The number of imidazole rings is 1. The number of unbranched alkanes of at least 4 members (excludes halogenated alkanes) is 1. The van der Waals surface area contributed by atoms with Crippen LogP contribution in [-0.4, -0.2) is 20.6 Å². The van der Waals surface area contributed by atoms with E-state index in [1.165, 1.54) is 6.42 Å². The molecule has 1 N–H and O–H groups in total. The predicted molar refractivity (Wildman–Crippen MR) is 57.7 cm³/mol. The number of aromatic nitrogens is 2. The number of rotatable bonds is 7. The van der Waals surface area contributed by atoms with Crippen LogP contribution >= 0.6 is 0 Å². The summed E-state index contributed by atoms with van der Waals surface area (Å²) in [4.78, 5) is 14.5. The summed E-state index contributed by atoms with van der Waals surface area (Å²) in [7, 11) is 0. The molecule has 0 unspecified atom stereocenters. The molecule has 1 aromatic rings. The van der Waals surface area contributed by atoms with E-state index >= 15 is 0 Å². The third kappa shape index (κ3) is 4.63. The van der Waals surface area contributed by atoms with Crippen molar-refractivity contribution < 1.29 is 9.90 Å². The molecule has 0 spiro atoms. The monoisotopic (exact) mass is 210 g/mol. The lowest BCUT2D eigenvalue weighted by Crippen LogP contribution is -1.96. The summed E-state index contributed by atoms with van der Waals surface area (Å²) in [5, 5.41) is 8.49. The Hall–Kier alpha value is -1.32. The predicted octanol–water partition coefficient (Wildman–Crippen LogP) is 2.09. The second-order valence-corrected chi connectivity index (χ2v) is 3.70. The molecule has 0 aliphatic heterocycles. The van der Waals surface area contributed by atoms with Crippen LogP contribution in [0.2, 0.25) is 0 Å². The Morgan fingerprint density at radius 1 is 1.53 bits per heavy atom. The van der Waals surface area contributed by atoms with Crippen LogP contribution in [-0.2, 0) is 17.8 Å². The van der Waals surface area contributed by atoms with Gasteiger partial charge < -0.3 is 9.67 Å². The second kappa shape index (κ2) is 6.22. The number of hydrogen-bond donors (Lipinski definition) is 1. The summed E-state index contributed by atoms with van der Waals surface area (Å²) in [6.45, 7) is 3.16. The van der Waals surface area contributed by atoms with Crippen molar-refractivity contribution in [2.24, 2.45) is 0 Å². The summed E-state index contributed by atoms with van der Waals surface area (Å²) in [5.41, 5.74) is 0.993. The average Bonchev–Trinajstić information content (AvgIpc) is 2.62. The van der Waals surface area contributed by atoms with Gasteiger partial charge in [-0.2, -0.15) is 0 Å². The smallest absolute Gasteiger partial charge is 0.303 e. The summed E-state index contributed by atoms with van der Waals surface area (Å²) in [6.07, 6.45) is 7.81. The zero-order valence-electron chi connectivity index (χ0n) is 9.15. The van der Waals surface area contributed by atoms with Crippen molar-refractivity contribution in [2.45, 2.75) is 45.6 Å². The van der Waals surface area contributed by atoms with E-state index in [2.05, 4.69) is 16.5 Å². The largest absolute Gasteiger partial charge is 0.481 e. The highest BCUT2D eigenvalue weighted by Gasteiger charge is 2.01. The van der Waals surface area contributed by atoms with Gasteiger partial charge in [0.05, 0.1) is 12.0 Å². The van der Waals surface area contributed by atoms with E-state index in [1.807, 2.05) is 12.5 Å². The average molecular weight is 210 g/mol. The highest BCUT2D eigenvalue weighted by molar-refractivity contribution is 5.66. The molecule has 0 fully saturated rings. The van der Waals surface area contributed by atoms with Crippen molar-refractivity contribution in [1.82, 2.24) is 9.55 Å². The van der Waals surface area contributed by atoms with Crippen molar-refractivity contribution in [3.05, 3.63) is 18.2 Å². The minimum absolute atomic E-state index is 0.224. The SMILES string of the molecule is CCCCn1cnc(CCCC(=O)O)c1. The van der Waals surface area contributed by atoms with Gasteiger partial charge >= 0.3 is 5.97 Å². The molecule has 0 saturated carbocycles. The Labute approximate surface area is 89.9 Å². The second-order valence-electron chi connectivity index (χ2n) is 3.70. The zero-order valence-corrected chi connectivity index (χ0v) is 9.15. The van der Waals surface area contributed by atoms with Crippen LogP contribution in [0.15, 0.2) is 12.5 Å². The minimum atomic E-state index is -0.736. The molecule has 0 atom stereocenters. The van der Waals surface area contributed by atoms with Gasteiger partial charge in [0, 0.05) is 19.2 Å². The molecular formula is C11H18N2O2. The molecule has 1 rings (SSSR count). The molecular weight excluding hydrogens is 192 g/mol. The molecule has 1 heterocycles. The lowest BCUT2D eigenvalue weighted by Gasteiger charge is -1.98. The van der Waals surface area contributed by atoms with Gasteiger partial charge in [-0.15, -0.1) is 0 Å². The van der Waals surface area contributed by atoms with Crippen molar-refractivity contribution >= 4 is 5.97 Å². The minimum Gasteiger partial charge on any atom is -0.481 e. The number of carbonyl (C=O) groups is 1. The third-order valence-electron chi connectivity index (χ3n) is 2.28. The molecule has 84 valence electrons. The molecule has 4 nitrogen and oxygen atoms in total. The molecule has 0 aliphatic rings. The van der Waals surface area contributed by atoms with Gasteiger partial charge in [0.2, 0.25) is 0 Å². The first kappa shape index (κ1) is 11.8. The van der Waals surface area contributed by atoms with Gasteiger partial charge in [-0.05, 0) is 19.3 Å². The number of carboxylic acids is 1. The highest BCUT2D eigenvalue weighted by Crippen LogP contribution is 2.04. The molecule has 15 heavy (non-hydrogen) atoms. The Bertz CT molecular complexity index is 307. The van der Waals surface area contributed by atoms with Crippen LogP contribution in [0, 0.1) is 0 Å². The lowest BCUT2D eigenvalue weighted by molar-refractivity contribution is -0.137.